The van der Waals surface area contributed by atoms with Gasteiger partial charge in [0, 0.05) is 11.0 Å². The normalized spacial score (nSPS) is 16.3. The van der Waals surface area contributed by atoms with Gasteiger partial charge in [-0.05, 0) is 37.5 Å². The third-order valence-corrected chi connectivity index (χ3v) is 3.71. The number of carboxylic acid groups (broad SMARTS) is 1. The van der Waals surface area contributed by atoms with Crippen molar-refractivity contribution in [2.24, 2.45) is 0 Å². The fourth-order valence-electron chi connectivity index (χ4n) is 2.46. The quantitative estimate of drug-likeness (QED) is 0.913. The van der Waals surface area contributed by atoms with Crippen molar-refractivity contribution in [1.29, 1.82) is 0 Å². The highest BCUT2D eigenvalue weighted by atomic mass is 16.4. The maximum atomic E-state index is 10.9. The highest BCUT2D eigenvalue weighted by Crippen LogP contribution is 2.51. The molecule has 0 spiro atoms. The molecule has 3 rings (SSSR count). The standard InChI is InChI=1S/C15H15NO3/c1-10-9-19-14(16-10)11-2-4-12(5-3-11)15(6-7-15)8-13(17)18/h2-5,9H,6-8H2,1H3,(H,17,18). The van der Waals surface area contributed by atoms with E-state index < -0.39 is 5.97 Å². The lowest BCUT2D eigenvalue weighted by Crippen LogP contribution is -2.12. The van der Waals surface area contributed by atoms with Gasteiger partial charge in [0.25, 0.3) is 0 Å². The molecule has 0 bridgehead atoms. The van der Waals surface area contributed by atoms with Crippen molar-refractivity contribution >= 4 is 5.97 Å². The summed E-state index contributed by atoms with van der Waals surface area (Å²) in [6.07, 6.45) is 3.74. The minimum Gasteiger partial charge on any atom is -0.481 e. The summed E-state index contributed by atoms with van der Waals surface area (Å²) in [6, 6.07) is 7.88. The van der Waals surface area contributed by atoms with E-state index >= 15 is 0 Å². The minimum atomic E-state index is -0.732. The molecule has 4 heteroatoms. The Morgan fingerprint density at radius 2 is 2.05 bits per heavy atom. The molecule has 1 aliphatic carbocycles. The number of nitrogens with zero attached hydrogens (tertiary/aromatic N) is 1. The highest BCUT2D eigenvalue weighted by molar-refractivity contribution is 5.70. The zero-order valence-electron chi connectivity index (χ0n) is 10.7. The van der Waals surface area contributed by atoms with Gasteiger partial charge >= 0.3 is 5.97 Å². The van der Waals surface area contributed by atoms with E-state index in [1.807, 2.05) is 31.2 Å². The average Bonchev–Trinajstić information content (AvgIpc) is 3.02. The Morgan fingerprint density at radius 3 is 2.53 bits per heavy atom. The molecule has 1 saturated carbocycles. The number of hydrogen-bond acceptors (Lipinski definition) is 3. The zero-order valence-corrected chi connectivity index (χ0v) is 10.7. The van der Waals surface area contributed by atoms with Gasteiger partial charge in [0.1, 0.15) is 6.26 Å². The molecule has 1 aromatic carbocycles. The second-order valence-electron chi connectivity index (χ2n) is 5.22. The molecule has 1 heterocycles. The third kappa shape index (κ3) is 2.26. The van der Waals surface area contributed by atoms with Crippen molar-refractivity contribution in [3.63, 3.8) is 0 Å². The van der Waals surface area contributed by atoms with E-state index in [-0.39, 0.29) is 11.8 Å². The van der Waals surface area contributed by atoms with Crippen LogP contribution in [0, 0.1) is 6.92 Å². The molecule has 0 saturated heterocycles. The van der Waals surface area contributed by atoms with Crippen LogP contribution in [-0.4, -0.2) is 16.1 Å². The van der Waals surface area contributed by atoms with Crippen molar-refractivity contribution < 1.29 is 14.3 Å². The Balaban J connectivity index is 1.85. The van der Waals surface area contributed by atoms with E-state index in [0.717, 1.165) is 29.7 Å². The fraction of sp³-hybridized carbons (Fsp3) is 0.333. The molecule has 2 aromatic rings. The van der Waals surface area contributed by atoms with Crippen LogP contribution in [0.15, 0.2) is 34.9 Å². The molecule has 0 radical (unpaired) electrons. The second kappa shape index (κ2) is 4.23. The Morgan fingerprint density at radius 1 is 1.37 bits per heavy atom. The predicted molar refractivity (Wildman–Crippen MR) is 69.8 cm³/mol. The lowest BCUT2D eigenvalue weighted by Gasteiger charge is -2.12. The van der Waals surface area contributed by atoms with Crippen molar-refractivity contribution in [2.75, 3.05) is 0 Å². The summed E-state index contributed by atoms with van der Waals surface area (Å²) in [5.41, 5.74) is 2.73. The van der Waals surface area contributed by atoms with Gasteiger partial charge in [0.2, 0.25) is 5.89 Å². The number of aromatic nitrogens is 1. The number of aliphatic carboxylic acids is 1. The van der Waals surface area contributed by atoms with Crippen LogP contribution in [0.1, 0.15) is 30.5 Å². The van der Waals surface area contributed by atoms with E-state index in [4.69, 9.17) is 9.52 Å². The molecule has 1 N–H and O–H groups in total. The van der Waals surface area contributed by atoms with Crippen LogP contribution < -0.4 is 0 Å². The predicted octanol–water partition coefficient (Wildman–Crippen LogP) is 3.16. The van der Waals surface area contributed by atoms with Crippen LogP contribution in [0.3, 0.4) is 0 Å². The Hall–Kier alpha value is -2.10. The smallest absolute Gasteiger partial charge is 0.304 e. The topological polar surface area (TPSA) is 63.3 Å². The summed E-state index contributed by atoms with van der Waals surface area (Å²) in [6.45, 7) is 1.88. The number of aryl methyl sites for hydroxylation is 1. The van der Waals surface area contributed by atoms with E-state index in [9.17, 15) is 4.79 Å². The lowest BCUT2D eigenvalue weighted by atomic mass is 9.92. The maximum Gasteiger partial charge on any atom is 0.304 e. The first-order chi connectivity index (χ1) is 9.09. The zero-order chi connectivity index (χ0) is 13.5. The Kier molecular flexibility index (Phi) is 2.66. The summed E-state index contributed by atoms with van der Waals surface area (Å²) in [4.78, 5) is 15.2. The van der Waals surface area contributed by atoms with Crippen LogP contribution in [0.2, 0.25) is 0 Å². The Labute approximate surface area is 111 Å². The summed E-state index contributed by atoms with van der Waals surface area (Å²) >= 11 is 0. The molecule has 4 nitrogen and oxygen atoms in total. The van der Waals surface area contributed by atoms with Gasteiger partial charge in [-0.1, -0.05) is 12.1 Å². The Bertz CT molecular complexity index is 609. The van der Waals surface area contributed by atoms with Crippen LogP contribution in [-0.2, 0) is 10.2 Å². The maximum absolute atomic E-state index is 10.9. The summed E-state index contributed by atoms with van der Waals surface area (Å²) < 4.78 is 5.35. The minimum absolute atomic E-state index is 0.142. The van der Waals surface area contributed by atoms with E-state index in [1.165, 1.54) is 0 Å². The summed E-state index contributed by atoms with van der Waals surface area (Å²) in [5.74, 6) is -0.128. The van der Waals surface area contributed by atoms with E-state index in [0.29, 0.717) is 5.89 Å². The van der Waals surface area contributed by atoms with Crippen LogP contribution in [0.5, 0.6) is 0 Å². The molecule has 1 aromatic heterocycles. The first-order valence-corrected chi connectivity index (χ1v) is 6.34. The molecular weight excluding hydrogens is 242 g/mol. The van der Waals surface area contributed by atoms with Gasteiger partial charge in [-0.25, -0.2) is 4.98 Å². The van der Waals surface area contributed by atoms with Crippen LogP contribution in [0.4, 0.5) is 0 Å². The van der Waals surface area contributed by atoms with Gasteiger partial charge < -0.3 is 9.52 Å². The van der Waals surface area contributed by atoms with E-state index in [1.54, 1.807) is 6.26 Å². The second-order valence-corrected chi connectivity index (χ2v) is 5.22. The molecule has 0 unspecified atom stereocenters. The molecular formula is C15H15NO3. The first-order valence-electron chi connectivity index (χ1n) is 6.34. The lowest BCUT2D eigenvalue weighted by molar-refractivity contribution is -0.137. The molecule has 19 heavy (non-hydrogen) atoms. The van der Waals surface area contributed by atoms with E-state index in [2.05, 4.69) is 4.98 Å². The molecule has 0 atom stereocenters. The fourth-order valence-corrected chi connectivity index (χ4v) is 2.46. The molecule has 1 aliphatic rings. The van der Waals surface area contributed by atoms with Gasteiger partial charge in [-0.2, -0.15) is 0 Å². The van der Waals surface area contributed by atoms with Crippen molar-refractivity contribution in [1.82, 2.24) is 4.98 Å². The molecule has 0 amide bonds. The molecule has 98 valence electrons. The van der Waals surface area contributed by atoms with Crippen molar-refractivity contribution in [3.8, 4) is 11.5 Å². The van der Waals surface area contributed by atoms with Crippen LogP contribution in [0.25, 0.3) is 11.5 Å². The van der Waals surface area contributed by atoms with Gasteiger partial charge in [-0.15, -0.1) is 0 Å². The number of benzene rings is 1. The number of hydrogen-bond donors (Lipinski definition) is 1. The number of carboxylic acids is 1. The summed E-state index contributed by atoms with van der Waals surface area (Å²) in [7, 11) is 0. The first kappa shape index (κ1) is 12.0. The van der Waals surface area contributed by atoms with Crippen molar-refractivity contribution in [2.45, 2.75) is 31.6 Å². The van der Waals surface area contributed by atoms with Gasteiger partial charge in [-0.3, -0.25) is 4.79 Å². The average molecular weight is 257 g/mol. The largest absolute Gasteiger partial charge is 0.481 e. The molecule has 1 fully saturated rings. The van der Waals surface area contributed by atoms with Crippen molar-refractivity contribution in [3.05, 3.63) is 41.8 Å². The molecule has 0 aliphatic heterocycles. The third-order valence-electron chi connectivity index (χ3n) is 3.71. The monoisotopic (exact) mass is 257 g/mol. The number of carbonyl (C=O) groups is 1. The van der Waals surface area contributed by atoms with Gasteiger partial charge in [0.15, 0.2) is 0 Å². The highest BCUT2D eigenvalue weighted by Gasteiger charge is 2.45. The summed E-state index contributed by atoms with van der Waals surface area (Å²) in [5, 5.41) is 8.96. The van der Waals surface area contributed by atoms with Crippen LogP contribution >= 0.6 is 0 Å². The number of oxazole rings is 1. The van der Waals surface area contributed by atoms with Gasteiger partial charge in [0.05, 0.1) is 12.1 Å². The SMILES string of the molecule is Cc1coc(-c2ccc(C3(CC(=O)O)CC3)cc2)n1. The number of rotatable bonds is 4.